The summed E-state index contributed by atoms with van der Waals surface area (Å²) in [6.07, 6.45) is 1.69. The van der Waals surface area contributed by atoms with Crippen LogP contribution in [0, 0.1) is 0 Å². The predicted molar refractivity (Wildman–Crippen MR) is 107 cm³/mol. The molecule has 142 valence electrons. The van der Waals surface area contributed by atoms with E-state index >= 15 is 0 Å². The molecule has 0 bridgehead atoms. The van der Waals surface area contributed by atoms with Crippen molar-refractivity contribution in [3.05, 3.63) is 72.3 Å². The highest BCUT2D eigenvalue weighted by atomic mass is 16.5. The Morgan fingerprint density at radius 2 is 1.81 bits per heavy atom. The van der Waals surface area contributed by atoms with Crippen LogP contribution in [0.15, 0.2) is 61.2 Å². The molecule has 1 amide bonds. The van der Waals surface area contributed by atoms with Crippen LogP contribution in [-0.2, 0) is 11.3 Å². The average molecular weight is 366 g/mol. The molecule has 1 fully saturated rings. The molecule has 0 spiro atoms. The smallest absolute Gasteiger partial charge is 0.253 e. The van der Waals surface area contributed by atoms with Crippen molar-refractivity contribution in [3.63, 3.8) is 0 Å². The topological polar surface area (TPSA) is 42.0 Å². The second kappa shape index (κ2) is 9.24. The molecule has 0 aliphatic carbocycles. The number of nitrogens with zero attached hydrogens (tertiary/aromatic N) is 2. The number of hydrogen-bond donors (Lipinski definition) is 0. The van der Waals surface area contributed by atoms with Crippen LogP contribution in [0.25, 0.3) is 0 Å². The van der Waals surface area contributed by atoms with E-state index in [2.05, 4.69) is 35.7 Å². The summed E-state index contributed by atoms with van der Waals surface area (Å²) in [6, 6.07) is 15.6. The van der Waals surface area contributed by atoms with Gasteiger partial charge in [0.25, 0.3) is 5.91 Å². The zero-order valence-corrected chi connectivity index (χ0v) is 15.8. The van der Waals surface area contributed by atoms with E-state index < -0.39 is 0 Å². The molecule has 5 nitrogen and oxygen atoms in total. The van der Waals surface area contributed by atoms with Crippen LogP contribution in [0.2, 0.25) is 0 Å². The number of anilines is 1. The van der Waals surface area contributed by atoms with Gasteiger partial charge in [-0.15, -0.1) is 0 Å². The molecule has 5 heteroatoms. The fourth-order valence-corrected chi connectivity index (χ4v) is 3.05. The maximum absolute atomic E-state index is 12.6. The van der Waals surface area contributed by atoms with Crippen LogP contribution in [0.3, 0.4) is 0 Å². The van der Waals surface area contributed by atoms with Gasteiger partial charge < -0.3 is 19.3 Å². The van der Waals surface area contributed by atoms with Gasteiger partial charge in [0, 0.05) is 37.9 Å². The van der Waals surface area contributed by atoms with Crippen molar-refractivity contribution in [3.8, 4) is 5.75 Å². The van der Waals surface area contributed by atoms with Crippen molar-refractivity contribution >= 4 is 11.6 Å². The Morgan fingerprint density at radius 1 is 1.15 bits per heavy atom. The van der Waals surface area contributed by atoms with Crippen LogP contribution in [-0.4, -0.2) is 50.8 Å². The first-order valence-corrected chi connectivity index (χ1v) is 9.18. The highest BCUT2D eigenvalue weighted by Crippen LogP contribution is 2.18. The van der Waals surface area contributed by atoms with Gasteiger partial charge >= 0.3 is 0 Å². The van der Waals surface area contributed by atoms with Gasteiger partial charge in [-0.1, -0.05) is 24.8 Å². The Kier molecular flexibility index (Phi) is 6.49. The molecule has 1 saturated heterocycles. The lowest BCUT2D eigenvalue weighted by atomic mass is 10.1. The summed E-state index contributed by atoms with van der Waals surface area (Å²) in [6.45, 7) is 8.03. The lowest BCUT2D eigenvalue weighted by Crippen LogP contribution is -2.36. The molecule has 3 rings (SSSR count). The molecule has 0 saturated carbocycles. The van der Waals surface area contributed by atoms with Crippen molar-refractivity contribution in [2.24, 2.45) is 0 Å². The van der Waals surface area contributed by atoms with Gasteiger partial charge in [0.2, 0.25) is 0 Å². The number of rotatable bonds is 7. The van der Waals surface area contributed by atoms with Gasteiger partial charge in [0.15, 0.2) is 0 Å². The second-order valence-electron chi connectivity index (χ2n) is 6.55. The third-order valence-corrected chi connectivity index (χ3v) is 4.55. The first-order valence-electron chi connectivity index (χ1n) is 9.18. The van der Waals surface area contributed by atoms with Gasteiger partial charge in [-0.3, -0.25) is 4.79 Å². The Bertz CT molecular complexity index is 750. The lowest BCUT2D eigenvalue weighted by molar-refractivity contribution is 0.0785. The van der Waals surface area contributed by atoms with E-state index in [1.165, 1.54) is 5.69 Å². The SMILES string of the molecule is C=CCOc1ccc(C(=O)N(C)Cc2ccc(N3CCOCC3)cc2)cc1. The highest BCUT2D eigenvalue weighted by molar-refractivity contribution is 5.94. The summed E-state index contributed by atoms with van der Waals surface area (Å²) >= 11 is 0. The largest absolute Gasteiger partial charge is 0.490 e. The normalized spacial score (nSPS) is 13.9. The first-order chi connectivity index (χ1) is 13.2. The van der Waals surface area contributed by atoms with Crippen molar-refractivity contribution in [1.29, 1.82) is 0 Å². The molecule has 1 heterocycles. The highest BCUT2D eigenvalue weighted by Gasteiger charge is 2.14. The monoisotopic (exact) mass is 366 g/mol. The molecule has 2 aromatic carbocycles. The van der Waals surface area contributed by atoms with Crippen LogP contribution in [0.4, 0.5) is 5.69 Å². The van der Waals surface area contributed by atoms with Crippen LogP contribution < -0.4 is 9.64 Å². The summed E-state index contributed by atoms with van der Waals surface area (Å²) < 4.78 is 10.8. The minimum atomic E-state index is -0.0115. The maximum Gasteiger partial charge on any atom is 0.253 e. The number of benzene rings is 2. The Hall–Kier alpha value is -2.79. The summed E-state index contributed by atoms with van der Waals surface area (Å²) in [4.78, 5) is 16.7. The summed E-state index contributed by atoms with van der Waals surface area (Å²) in [5.41, 5.74) is 2.95. The minimum Gasteiger partial charge on any atom is -0.490 e. The number of carbonyl (C=O) groups excluding carboxylic acids is 1. The van der Waals surface area contributed by atoms with Crippen molar-refractivity contribution in [1.82, 2.24) is 4.90 Å². The summed E-state index contributed by atoms with van der Waals surface area (Å²) in [7, 11) is 1.82. The molecular weight excluding hydrogens is 340 g/mol. The molecule has 1 aliphatic heterocycles. The summed E-state index contributed by atoms with van der Waals surface area (Å²) in [5, 5.41) is 0. The average Bonchev–Trinajstić information content (AvgIpc) is 2.73. The third-order valence-electron chi connectivity index (χ3n) is 4.55. The first kappa shape index (κ1) is 19.0. The quantitative estimate of drug-likeness (QED) is 0.705. The van der Waals surface area contributed by atoms with Gasteiger partial charge in [0.1, 0.15) is 12.4 Å². The molecule has 0 unspecified atom stereocenters. The minimum absolute atomic E-state index is 0.0115. The fourth-order valence-electron chi connectivity index (χ4n) is 3.05. The standard InChI is InChI=1S/C22H26N2O3/c1-3-14-27-21-10-6-19(7-11-21)22(25)23(2)17-18-4-8-20(9-5-18)24-12-15-26-16-13-24/h3-11H,1,12-17H2,2H3. The summed E-state index contributed by atoms with van der Waals surface area (Å²) in [5.74, 6) is 0.718. The number of morpholine rings is 1. The maximum atomic E-state index is 12.6. The van der Waals surface area contributed by atoms with Crippen molar-refractivity contribution in [2.45, 2.75) is 6.54 Å². The number of ether oxygens (including phenoxy) is 2. The van der Waals surface area contributed by atoms with E-state index in [1.807, 2.05) is 19.2 Å². The Labute approximate surface area is 160 Å². The van der Waals surface area contributed by atoms with Gasteiger partial charge in [0.05, 0.1) is 13.2 Å². The van der Waals surface area contributed by atoms with Crippen LogP contribution >= 0.6 is 0 Å². The number of carbonyl (C=O) groups is 1. The van der Waals surface area contributed by atoms with E-state index in [0.717, 1.165) is 37.6 Å². The molecule has 27 heavy (non-hydrogen) atoms. The molecule has 1 aliphatic rings. The molecule has 0 radical (unpaired) electrons. The zero-order valence-electron chi connectivity index (χ0n) is 15.8. The van der Waals surface area contributed by atoms with E-state index in [1.54, 1.807) is 23.1 Å². The molecular formula is C22H26N2O3. The predicted octanol–water partition coefficient (Wildman–Crippen LogP) is 3.36. The Morgan fingerprint density at radius 3 is 2.44 bits per heavy atom. The molecule has 0 atom stereocenters. The van der Waals surface area contributed by atoms with E-state index in [4.69, 9.17) is 9.47 Å². The second-order valence-corrected chi connectivity index (χ2v) is 6.55. The van der Waals surface area contributed by atoms with Gasteiger partial charge in [-0.2, -0.15) is 0 Å². The van der Waals surface area contributed by atoms with Gasteiger partial charge in [-0.05, 0) is 42.0 Å². The van der Waals surface area contributed by atoms with Crippen molar-refractivity contribution in [2.75, 3.05) is 44.9 Å². The van der Waals surface area contributed by atoms with Crippen molar-refractivity contribution < 1.29 is 14.3 Å². The molecule has 2 aromatic rings. The fraction of sp³-hybridized carbons (Fsp3) is 0.318. The lowest BCUT2D eigenvalue weighted by Gasteiger charge is -2.29. The van der Waals surface area contributed by atoms with Gasteiger partial charge in [-0.25, -0.2) is 0 Å². The van der Waals surface area contributed by atoms with E-state index in [-0.39, 0.29) is 5.91 Å². The van der Waals surface area contributed by atoms with Crippen LogP contribution in [0.5, 0.6) is 5.75 Å². The molecule has 0 N–H and O–H groups in total. The van der Waals surface area contributed by atoms with E-state index in [9.17, 15) is 4.79 Å². The molecule has 0 aromatic heterocycles. The zero-order chi connectivity index (χ0) is 19.1. The Balaban J connectivity index is 1.58. The van der Waals surface area contributed by atoms with Crippen LogP contribution in [0.1, 0.15) is 15.9 Å². The number of hydrogen-bond acceptors (Lipinski definition) is 4. The van der Waals surface area contributed by atoms with E-state index in [0.29, 0.717) is 18.7 Å². The number of amides is 1. The third kappa shape index (κ3) is 5.11.